The van der Waals surface area contributed by atoms with E-state index in [1.54, 1.807) is 6.92 Å². The van der Waals surface area contributed by atoms with Crippen LogP contribution in [0, 0.1) is 6.92 Å². The predicted molar refractivity (Wildman–Crippen MR) is 111 cm³/mol. The van der Waals surface area contributed by atoms with Crippen molar-refractivity contribution in [3.05, 3.63) is 65.4 Å². The lowest BCUT2D eigenvalue weighted by atomic mass is 10.1. The Bertz CT molecular complexity index is 1080. The van der Waals surface area contributed by atoms with Gasteiger partial charge in [0.1, 0.15) is 30.2 Å². The molecular formula is C23H22N2O6. The van der Waals surface area contributed by atoms with Crippen molar-refractivity contribution in [2.24, 2.45) is 0 Å². The van der Waals surface area contributed by atoms with Crippen molar-refractivity contribution >= 4 is 11.9 Å². The number of nitrogens with zero attached hydrogens (tertiary/aromatic N) is 1. The zero-order chi connectivity index (χ0) is 21.6. The second-order valence-corrected chi connectivity index (χ2v) is 6.98. The standard InChI is InChI=1S/C23H22N2O6/c1-15-21(22(25-31-15)17-5-3-2-4-6-17)23(27)30-14-20(26)24-10-9-16-7-8-18-19(13-16)29-12-11-28-18/h2-8,13H,9-12,14H2,1H3,(H,24,26). The van der Waals surface area contributed by atoms with E-state index >= 15 is 0 Å². The van der Waals surface area contributed by atoms with Gasteiger partial charge in [-0.05, 0) is 31.0 Å². The Kier molecular flexibility index (Phi) is 6.16. The highest BCUT2D eigenvalue weighted by Gasteiger charge is 2.23. The molecule has 8 nitrogen and oxygen atoms in total. The molecule has 2 aromatic carbocycles. The summed E-state index contributed by atoms with van der Waals surface area (Å²) >= 11 is 0. The molecule has 3 aromatic rings. The number of hydrogen-bond donors (Lipinski definition) is 1. The van der Waals surface area contributed by atoms with Crippen LogP contribution in [-0.2, 0) is 16.0 Å². The number of esters is 1. The third kappa shape index (κ3) is 4.85. The zero-order valence-corrected chi connectivity index (χ0v) is 17.1. The minimum absolute atomic E-state index is 0.218. The monoisotopic (exact) mass is 422 g/mol. The molecule has 4 rings (SSSR count). The summed E-state index contributed by atoms with van der Waals surface area (Å²) in [5.41, 5.74) is 2.35. The molecule has 1 aromatic heterocycles. The van der Waals surface area contributed by atoms with Crippen molar-refractivity contribution in [2.75, 3.05) is 26.4 Å². The van der Waals surface area contributed by atoms with E-state index in [1.807, 2.05) is 48.5 Å². The van der Waals surface area contributed by atoms with Gasteiger partial charge in [-0.1, -0.05) is 41.6 Å². The number of rotatable bonds is 7. The van der Waals surface area contributed by atoms with Gasteiger partial charge in [-0.3, -0.25) is 4.79 Å². The third-order valence-corrected chi connectivity index (χ3v) is 4.79. The molecule has 1 N–H and O–H groups in total. The largest absolute Gasteiger partial charge is 0.486 e. The molecule has 31 heavy (non-hydrogen) atoms. The van der Waals surface area contributed by atoms with E-state index < -0.39 is 12.6 Å². The number of carbonyl (C=O) groups excluding carboxylic acids is 2. The summed E-state index contributed by atoms with van der Waals surface area (Å²) < 4.78 is 21.4. The minimum atomic E-state index is -0.653. The first-order valence-corrected chi connectivity index (χ1v) is 9.96. The second-order valence-electron chi connectivity index (χ2n) is 6.98. The number of aryl methyl sites for hydroxylation is 1. The van der Waals surface area contributed by atoms with E-state index in [9.17, 15) is 9.59 Å². The van der Waals surface area contributed by atoms with E-state index in [-0.39, 0.29) is 11.5 Å². The highest BCUT2D eigenvalue weighted by Crippen LogP contribution is 2.30. The second kappa shape index (κ2) is 9.34. The number of aromatic nitrogens is 1. The fourth-order valence-electron chi connectivity index (χ4n) is 3.25. The number of fused-ring (bicyclic) bond motifs is 1. The summed E-state index contributed by atoms with van der Waals surface area (Å²) in [7, 11) is 0. The van der Waals surface area contributed by atoms with Crippen molar-refractivity contribution in [1.82, 2.24) is 10.5 Å². The molecular weight excluding hydrogens is 400 g/mol. The Balaban J connectivity index is 1.28. The van der Waals surface area contributed by atoms with Crippen LogP contribution in [0.15, 0.2) is 53.1 Å². The lowest BCUT2D eigenvalue weighted by Gasteiger charge is -2.18. The van der Waals surface area contributed by atoms with Gasteiger partial charge in [-0.2, -0.15) is 0 Å². The van der Waals surface area contributed by atoms with Crippen molar-refractivity contribution in [1.29, 1.82) is 0 Å². The van der Waals surface area contributed by atoms with Crippen LogP contribution < -0.4 is 14.8 Å². The van der Waals surface area contributed by atoms with Gasteiger partial charge in [-0.15, -0.1) is 0 Å². The molecule has 1 amide bonds. The van der Waals surface area contributed by atoms with Gasteiger partial charge in [0.2, 0.25) is 0 Å². The highest BCUT2D eigenvalue weighted by atomic mass is 16.6. The van der Waals surface area contributed by atoms with Crippen molar-refractivity contribution in [3.8, 4) is 22.8 Å². The molecule has 0 bridgehead atoms. The molecule has 0 unspecified atom stereocenters. The fraction of sp³-hybridized carbons (Fsp3) is 0.261. The van der Waals surface area contributed by atoms with Gasteiger partial charge in [0, 0.05) is 12.1 Å². The van der Waals surface area contributed by atoms with Gasteiger partial charge in [-0.25, -0.2) is 4.79 Å². The number of hydrogen-bond acceptors (Lipinski definition) is 7. The van der Waals surface area contributed by atoms with Gasteiger partial charge in [0.15, 0.2) is 18.1 Å². The number of carbonyl (C=O) groups is 2. The maximum absolute atomic E-state index is 12.5. The average molecular weight is 422 g/mol. The SMILES string of the molecule is Cc1onc(-c2ccccc2)c1C(=O)OCC(=O)NCCc1ccc2c(c1)OCCO2. The summed E-state index contributed by atoms with van der Waals surface area (Å²) in [4.78, 5) is 24.6. The van der Waals surface area contributed by atoms with Crippen LogP contribution in [0.4, 0.5) is 0 Å². The number of nitrogens with one attached hydrogen (secondary N) is 1. The van der Waals surface area contributed by atoms with Crippen molar-refractivity contribution in [3.63, 3.8) is 0 Å². The Morgan fingerprint density at radius 3 is 2.65 bits per heavy atom. The maximum Gasteiger partial charge on any atom is 0.344 e. The minimum Gasteiger partial charge on any atom is -0.486 e. The first-order valence-electron chi connectivity index (χ1n) is 9.96. The number of ether oxygens (including phenoxy) is 3. The summed E-state index contributed by atoms with van der Waals surface area (Å²) in [5.74, 6) is 0.732. The van der Waals surface area contributed by atoms with Crippen molar-refractivity contribution in [2.45, 2.75) is 13.3 Å². The quantitative estimate of drug-likeness (QED) is 0.585. The molecule has 2 heterocycles. The number of amides is 1. The lowest BCUT2D eigenvalue weighted by Crippen LogP contribution is -2.30. The summed E-state index contributed by atoms with van der Waals surface area (Å²) in [6.07, 6.45) is 0.610. The van der Waals surface area contributed by atoms with Crippen LogP contribution in [0.2, 0.25) is 0 Å². The predicted octanol–water partition coefficient (Wildman–Crippen LogP) is 2.94. The molecule has 1 aliphatic heterocycles. The van der Waals surface area contributed by atoms with Gasteiger partial charge in [0.05, 0.1) is 0 Å². The van der Waals surface area contributed by atoms with Gasteiger partial charge >= 0.3 is 5.97 Å². The molecule has 0 spiro atoms. The smallest absolute Gasteiger partial charge is 0.344 e. The zero-order valence-electron chi connectivity index (χ0n) is 17.1. The first kappa shape index (κ1) is 20.5. The molecule has 1 aliphatic rings. The topological polar surface area (TPSA) is 99.9 Å². The van der Waals surface area contributed by atoms with E-state index in [4.69, 9.17) is 18.7 Å². The molecule has 0 saturated heterocycles. The van der Waals surface area contributed by atoms with Gasteiger partial charge in [0.25, 0.3) is 5.91 Å². The van der Waals surface area contributed by atoms with E-state index in [2.05, 4.69) is 10.5 Å². The third-order valence-electron chi connectivity index (χ3n) is 4.79. The highest BCUT2D eigenvalue weighted by molar-refractivity contribution is 5.98. The van der Waals surface area contributed by atoms with Crippen LogP contribution in [0.3, 0.4) is 0 Å². The molecule has 160 valence electrons. The van der Waals surface area contributed by atoms with Crippen LogP contribution >= 0.6 is 0 Å². The summed E-state index contributed by atoms with van der Waals surface area (Å²) in [6.45, 7) is 2.71. The maximum atomic E-state index is 12.5. The van der Waals surface area contributed by atoms with Gasteiger partial charge < -0.3 is 24.1 Å². The molecule has 0 fully saturated rings. The molecule has 8 heteroatoms. The Labute approximate surface area is 179 Å². The number of benzene rings is 2. The van der Waals surface area contributed by atoms with Crippen LogP contribution in [0.25, 0.3) is 11.3 Å². The fourth-order valence-corrected chi connectivity index (χ4v) is 3.25. The Morgan fingerprint density at radius 1 is 1.06 bits per heavy atom. The van der Waals surface area contributed by atoms with Crippen molar-refractivity contribution < 1.29 is 28.3 Å². The van der Waals surface area contributed by atoms with Crippen LogP contribution in [0.1, 0.15) is 21.7 Å². The summed E-state index contributed by atoms with van der Waals surface area (Å²) in [5, 5.41) is 6.70. The first-order chi connectivity index (χ1) is 15.1. The normalized spacial score (nSPS) is 12.3. The van der Waals surface area contributed by atoms with E-state index in [1.165, 1.54) is 0 Å². The molecule has 0 saturated carbocycles. The molecule has 0 aliphatic carbocycles. The summed E-state index contributed by atoms with van der Waals surface area (Å²) in [6, 6.07) is 14.9. The van der Waals surface area contributed by atoms with Crippen LogP contribution in [-0.4, -0.2) is 43.4 Å². The van der Waals surface area contributed by atoms with E-state index in [0.717, 1.165) is 16.9 Å². The molecule has 0 atom stereocenters. The van der Waals surface area contributed by atoms with Crippen LogP contribution in [0.5, 0.6) is 11.5 Å². The van der Waals surface area contributed by atoms with E-state index in [0.29, 0.717) is 43.4 Å². The lowest BCUT2D eigenvalue weighted by molar-refractivity contribution is -0.124. The Morgan fingerprint density at radius 2 is 1.84 bits per heavy atom. The average Bonchev–Trinajstić information content (AvgIpc) is 3.19. The Hall–Kier alpha value is -3.81. The molecule has 0 radical (unpaired) electrons.